The van der Waals surface area contributed by atoms with Crippen LogP contribution >= 0.6 is 0 Å². The largest absolute Gasteiger partial charge is 0.444 e. The van der Waals surface area contributed by atoms with E-state index in [4.69, 9.17) is 4.74 Å². The van der Waals surface area contributed by atoms with Crippen molar-refractivity contribution in [1.29, 1.82) is 0 Å². The number of imidazole rings is 1. The molecule has 0 atom stereocenters. The van der Waals surface area contributed by atoms with Crippen molar-refractivity contribution in [2.24, 2.45) is 7.05 Å². The highest BCUT2D eigenvalue weighted by molar-refractivity contribution is 5.68. The summed E-state index contributed by atoms with van der Waals surface area (Å²) < 4.78 is 7.40. The van der Waals surface area contributed by atoms with Crippen LogP contribution in [0.25, 0.3) is 0 Å². The molecule has 0 aliphatic carbocycles. The molecule has 6 heteroatoms. The highest BCUT2D eigenvalue weighted by Crippen LogP contribution is 2.10. The fourth-order valence-electron chi connectivity index (χ4n) is 1.88. The summed E-state index contributed by atoms with van der Waals surface area (Å²) in [6, 6.07) is 0. The van der Waals surface area contributed by atoms with Crippen LogP contribution in [0, 0.1) is 0 Å². The third-order valence-corrected chi connectivity index (χ3v) is 2.93. The van der Waals surface area contributed by atoms with Gasteiger partial charge < -0.3 is 19.5 Å². The molecule has 1 N–H and O–H groups in total. The number of nitrogens with zero attached hydrogens (tertiary/aromatic N) is 3. The Morgan fingerprint density at radius 2 is 2.14 bits per heavy atom. The van der Waals surface area contributed by atoms with E-state index in [1.165, 1.54) is 0 Å². The number of carbonyl (C=O) groups is 1. The molecule has 120 valence electrons. The molecule has 1 aromatic rings. The monoisotopic (exact) mass is 296 g/mol. The third-order valence-electron chi connectivity index (χ3n) is 2.93. The summed E-state index contributed by atoms with van der Waals surface area (Å²) in [6.45, 7) is 10.5. The summed E-state index contributed by atoms with van der Waals surface area (Å²) in [5.74, 6) is 0. The Labute approximate surface area is 127 Å². The number of rotatable bonds is 7. The average molecular weight is 296 g/mol. The van der Waals surface area contributed by atoms with E-state index in [9.17, 15) is 4.79 Å². The number of carbonyl (C=O) groups excluding carboxylic acids is 1. The zero-order valence-corrected chi connectivity index (χ0v) is 13.8. The Hall–Kier alpha value is -1.56. The van der Waals surface area contributed by atoms with Gasteiger partial charge in [-0.3, -0.25) is 0 Å². The third kappa shape index (κ3) is 6.62. The summed E-state index contributed by atoms with van der Waals surface area (Å²) in [5.41, 5.74) is 0.667. The van der Waals surface area contributed by atoms with Crippen molar-refractivity contribution in [2.45, 2.75) is 46.3 Å². The van der Waals surface area contributed by atoms with Gasteiger partial charge in [-0.05, 0) is 27.2 Å². The number of hydrogen-bond donors (Lipinski definition) is 1. The summed E-state index contributed by atoms with van der Waals surface area (Å²) in [4.78, 5) is 17.9. The van der Waals surface area contributed by atoms with Gasteiger partial charge in [0, 0.05) is 39.4 Å². The first-order valence-electron chi connectivity index (χ1n) is 7.47. The maximum Gasteiger partial charge on any atom is 0.410 e. The fourth-order valence-corrected chi connectivity index (χ4v) is 1.88. The quantitative estimate of drug-likeness (QED) is 0.783. The maximum absolute atomic E-state index is 12.1. The number of ether oxygens (including phenoxy) is 1. The standard InChI is InChI=1S/C15H28N4O2/c1-6-8-19(14(20)21-15(2,3)4)9-7-16-10-13-11-17-12-18(13)5/h11-12,16H,6-10H2,1-5H3. The Bertz CT molecular complexity index is 437. The summed E-state index contributed by atoms with van der Waals surface area (Å²) in [5, 5.41) is 3.32. The Morgan fingerprint density at radius 3 is 2.67 bits per heavy atom. The molecule has 1 heterocycles. The van der Waals surface area contributed by atoms with Crippen molar-refractivity contribution >= 4 is 6.09 Å². The summed E-state index contributed by atoms with van der Waals surface area (Å²) in [7, 11) is 1.97. The number of nitrogens with one attached hydrogen (secondary N) is 1. The van der Waals surface area contributed by atoms with Crippen molar-refractivity contribution in [2.75, 3.05) is 19.6 Å². The van der Waals surface area contributed by atoms with E-state index in [0.717, 1.165) is 25.2 Å². The average Bonchev–Trinajstić information content (AvgIpc) is 2.76. The molecule has 1 amide bonds. The van der Waals surface area contributed by atoms with Gasteiger partial charge in [-0.2, -0.15) is 0 Å². The van der Waals surface area contributed by atoms with Gasteiger partial charge in [0.05, 0.1) is 12.0 Å². The fraction of sp³-hybridized carbons (Fsp3) is 0.733. The van der Waals surface area contributed by atoms with Crippen molar-refractivity contribution in [3.8, 4) is 0 Å². The van der Waals surface area contributed by atoms with Crippen molar-refractivity contribution in [3.05, 3.63) is 18.2 Å². The van der Waals surface area contributed by atoms with Crippen LogP contribution < -0.4 is 5.32 Å². The molecule has 21 heavy (non-hydrogen) atoms. The molecule has 0 unspecified atom stereocenters. The number of amides is 1. The van der Waals surface area contributed by atoms with Gasteiger partial charge in [0.1, 0.15) is 5.60 Å². The summed E-state index contributed by atoms with van der Waals surface area (Å²) in [6.07, 6.45) is 4.29. The molecule has 6 nitrogen and oxygen atoms in total. The number of hydrogen-bond acceptors (Lipinski definition) is 4. The lowest BCUT2D eigenvalue weighted by molar-refractivity contribution is 0.0252. The van der Waals surface area contributed by atoms with Crippen molar-refractivity contribution in [3.63, 3.8) is 0 Å². The Balaban J connectivity index is 2.37. The minimum absolute atomic E-state index is 0.244. The van der Waals surface area contributed by atoms with Crippen LogP contribution in [0.2, 0.25) is 0 Å². The molecule has 1 aromatic heterocycles. The molecule has 0 saturated carbocycles. The molecule has 0 aliphatic heterocycles. The first-order chi connectivity index (χ1) is 9.83. The van der Waals surface area contributed by atoms with Crippen LogP contribution in [0.5, 0.6) is 0 Å². The van der Waals surface area contributed by atoms with Gasteiger partial charge in [0.2, 0.25) is 0 Å². The van der Waals surface area contributed by atoms with Crippen LogP contribution in [0.1, 0.15) is 39.8 Å². The molecule has 0 saturated heterocycles. The van der Waals surface area contributed by atoms with E-state index in [2.05, 4.69) is 17.2 Å². The topological polar surface area (TPSA) is 59.4 Å². The molecule has 0 fully saturated rings. The zero-order chi connectivity index (χ0) is 15.9. The van der Waals surface area contributed by atoms with Crippen molar-refractivity contribution < 1.29 is 9.53 Å². The van der Waals surface area contributed by atoms with Crippen LogP contribution in [0.4, 0.5) is 4.79 Å². The second-order valence-electron chi connectivity index (χ2n) is 6.14. The molecular weight excluding hydrogens is 268 g/mol. The molecule has 1 rings (SSSR count). The van der Waals surface area contributed by atoms with Crippen LogP contribution in [-0.2, 0) is 18.3 Å². The maximum atomic E-state index is 12.1. The minimum atomic E-state index is -0.453. The normalized spacial score (nSPS) is 11.5. The van der Waals surface area contributed by atoms with E-state index in [0.29, 0.717) is 13.1 Å². The number of aromatic nitrogens is 2. The van der Waals surface area contributed by atoms with Crippen molar-refractivity contribution in [1.82, 2.24) is 19.8 Å². The Morgan fingerprint density at radius 1 is 1.43 bits per heavy atom. The first-order valence-corrected chi connectivity index (χ1v) is 7.47. The molecule has 0 aromatic carbocycles. The molecule has 0 spiro atoms. The second-order valence-corrected chi connectivity index (χ2v) is 6.14. The van der Waals surface area contributed by atoms with Gasteiger partial charge in [0.25, 0.3) is 0 Å². The van der Waals surface area contributed by atoms with E-state index in [1.807, 2.05) is 38.6 Å². The zero-order valence-electron chi connectivity index (χ0n) is 13.8. The highest BCUT2D eigenvalue weighted by Gasteiger charge is 2.21. The molecular formula is C15H28N4O2. The second kappa shape index (κ2) is 8.02. The lowest BCUT2D eigenvalue weighted by Crippen LogP contribution is -2.40. The predicted molar refractivity (Wildman–Crippen MR) is 83.0 cm³/mol. The smallest absolute Gasteiger partial charge is 0.410 e. The summed E-state index contributed by atoms with van der Waals surface area (Å²) >= 11 is 0. The first kappa shape index (κ1) is 17.5. The van der Waals surface area contributed by atoms with E-state index in [1.54, 1.807) is 11.2 Å². The van der Waals surface area contributed by atoms with Crippen LogP contribution in [-0.4, -0.2) is 45.8 Å². The lowest BCUT2D eigenvalue weighted by atomic mass is 10.2. The van der Waals surface area contributed by atoms with E-state index >= 15 is 0 Å². The van der Waals surface area contributed by atoms with Gasteiger partial charge in [-0.15, -0.1) is 0 Å². The van der Waals surface area contributed by atoms with Gasteiger partial charge in [-0.1, -0.05) is 6.92 Å². The van der Waals surface area contributed by atoms with Crippen LogP contribution in [0.3, 0.4) is 0 Å². The van der Waals surface area contributed by atoms with Gasteiger partial charge in [-0.25, -0.2) is 9.78 Å². The predicted octanol–water partition coefficient (Wildman–Crippen LogP) is 2.16. The lowest BCUT2D eigenvalue weighted by Gasteiger charge is -2.27. The number of aryl methyl sites for hydroxylation is 1. The highest BCUT2D eigenvalue weighted by atomic mass is 16.6. The van der Waals surface area contributed by atoms with Gasteiger partial charge in [0.15, 0.2) is 0 Å². The molecule has 0 aliphatic rings. The molecule has 0 radical (unpaired) electrons. The van der Waals surface area contributed by atoms with Gasteiger partial charge >= 0.3 is 6.09 Å². The SMILES string of the molecule is CCCN(CCNCc1cncn1C)C(=O)OC(C)(C)C. The minimum Gasteiger partial charge on any atom is -0.444 e. The Kier molecular flexibility index (Phi) is 6.68. The molecule has 0 bridgehead atoms. The van der Waals surface area contributed by atoms with Crippen LogP contribution in [0.15, 0.2) is 12.5 Å². The van der Waals surface area contributed by atoms with E-state index in [-0.39, 0.29) is 6.09 Å². The van der Waals surface area contributed by atoms with E-state index < -0.39 is 5.60 Å².